The molecule has 0 radical (unpaired) electrons. The molecule has 0 aromatic rings. The number of rotatable bonds is 4. The van der Waals surface area contributed by atoms with E-state index in [4.69, 9.17) is 19.3 Å². The second kappa shape index (κ2) is 7.21. The van der Waals surface area contributed by atoms with E-state index in [1.165, 1.54) is 0 Å². The number of hydrogen-bond acceptors (Lipinski definition) is 11. The van der Waals surface area contributed by atoms with Gasteiger partial charge in [0.25, 0.3) is 0 Å². The van der Waals surface area contributed by atoms with Gasteiger partial charge in [0.05, 0.1) is 13.2 Å². The summed E-state index contributed by atoms with van der Waals surface area (Å²) in [5, 5.41) is 76.8. The first-order valence-electron chi connectivity index (χ1n) is 7.04. The third kappa shape index (κ3) is 3.65. The van der Waals surface area contributed by atoms with Gasteiger partial charge in [0.2, 0.25) is 5.79 Å². The molecule has 23 heavy (non-hydrogen) atoms. The van der Waals surface area contributed by atoms with E-state index in [-0.39, 0.29) is 0 Å². The summed E-state index contributed by atoms with van der Waals surface area (Å²) in [5.41, 5.74) is 0. The van der Waals surface area contributed by atoms with Crippen LogP contribution < -0.4 is 0 Å². The average molecular weight is 342 g/mol. The van der Waals surface area contributed by atoms with Crippen molar-refractivity contribution in [2.24, 2.45) is 0 Å². The number of hydrogen-bond donors (Lipinski definition) is 8. The third-order valence-corrected chi connectivity index (χ3v) is 3.99. The molecule has 136 valence electrons. The van der Waals surface area contributed by atoms with Gasteiger partial charge in [-0.1, -0.05) is 0 Å². The minimum absolute atomic E-state index is 0.466. The topological polar surface area (TPSA) is 190 Å². The van der Waals surface area contributed by atoms with E-state index in [0.29, 0.717) is 0 Å². The van der Waals surface area contributed by atoms with Gasteiger partial charge >= 0.3 is 0 Å². The van der Waals surface area contributed by atoms with Gasteiger partial charge in [-0.2, -0.15) is 0 Å². The van der Waals surface area contributed by atoms with Gasteiger partial charge in [0.15, 0.2) is 6.29 Å². The van der Waals surface area contributed by atoms with Crippen molar-refractivity contribution in [1.29, 1.82) is 0 Å². The zero-order chi connectivity index (χ0) is 17.4. The van der Waals surface area contributed by atoms with Crippen molar-refractivity contribution >= 4 is 0 Å². The van der Waals surface area contributed by atoms with Crippen LogP contribution in [0.25, 0.3) is 0 Å². The molecule has 0 amide bonds. The highest BCUT2D eigenvalue weighted by Crippen LogP contribution is 2.27. The molecule has 2 aliphatic heterocycles. The zero-order valence-corrected chi connectivity index (χ0v) is 12.0. The van der Waals surface area contributed by atoms with Crippen molar-refractivity contribution in [1.82, 2.24) is 0 Å². The van der Waals surface area contributed by atoms with E-state index in [1.54, 1.807) is 0 Å². The summed E-state index contributed by atoms with van der Waals surface area (Å²) in [6, 6.07) is 0. The standard InChI is InChI=1S/C12H22O11/c13-1-5-7(16)8(17)9(18)11(23-5)21-3-12(20)10(19)6(15)4(14)2-22-12/h4-11,13-20H,1-3H2/t4-,5-,6+,7-,8+,9-,10+,11+,12-/m1/s1. The van der Waals surface area contributed by atoms with Crippen molar-refractivity contribution in [2.45, 2.75) is 54.8 Å². The van der Waals surface area contributed by atoms with E-state index >= 15 is 0 Å². The van der Waals surface area contributed by atoms with Crippen LogP contribution in [0.2, 0.25) is 0 Å². The lowest BCUT2D eigenvalue weighted by Crippen LogP contribution is -2.64. The first-order valence-corrected chi connectivity index (χ1v) is 7.04. The molecule has 0 unspecified atom stereocenters. The average Bonchev–Trinajstić information content (AvgIpc) is 2.54. The van der Waals surface area contributed by atoms with E-state index in [1.807, 2.05) is 0 Å². The van der Waals surface area contributed by atoms with Gasteiger partial charge in [-0.05, 0) is 0 Å². The molecule has 2 aliphatic rings. The molecule has 0 spiro atoms. The van der Waals surface area contributed by atoms with Crippen LogP contribution in [-0.4, -0.2) is 115 Å². The predicted octanol–water partition coefficient (Wildman–Crippen LogP) is -5.40. The second-order valence-electron chi connectivity index (χ2n) is 5.67. The summed E-state index contributed by atoms with van der Waals surface area (Å²) >= 11 is 0. The Bertz CT molecular complexity index is 393. The molecule has 2 fully saturated rings. The van der Waals surface area contributed by atoms with Gasteiger partial charge in [-0.25, -0.2) is 0 Å². The molecule has 11 nitrogen and oxygen atoms in total. The predicted molar refractivity (Wildman–Crippen MR) is 68.6 cm³/mol. The van der Waals surface area contributed by atoms with Gasteiger partial charge in [0.1, 0.15) is 49.3 Å². The van der Waals surface area contributed by atoms with Crippen LogP contribution in [0.4, 0.5) is 0 Å². The van der Waals surface area contributed by atoms with Crippen LogP contribution in [0.3, 0.4) is 0 Å². The molecule has 0 aliphatic carbocycles. The maximum Gasteiger partial charge on any atom is 0.219 e. The Hall–Kier alpha value is -0.440. The van der Waals surface area contributed by atoms with Gasteiger partial charge in [-0.3, -0.25) is 0 Å². The monoisotopic (exact) mass is 342 g/mol. The molecule has 0 aromatic heterocycles. The van der Waals surface area contributed by atoms with Crippen molar-refractivity contribution in [2.75, 3.05) is 19.8 Å². The fraction of sp³-hybridized carbons (Fsp3) is 1.00. The van der Waals surface area contributed by atoms with Crippen LogP contribution in [0.5, 0.6) is 0 Å². The molecular weight excluding hydrogens is 320 g/mol. The highest BCUT2D eigenvalue weighted by atomic mass is 16.7. The Kier molecular flexibility index (Phi) is 5.92. The Morgan fingerprint density at radius 3 is 2.22 bits per heavy atom. The molecule has 11 heteroatoms. The quantitative estimate of drug-likeness (QED) is 0.243. The normalized spacial score (nSPS) is 51.7. The Morgan fingerprint density at radius 1 is 0.957 bits per heavy atom. The summed E-state index contributed by atoms with van der Waals surface area (Å²) in [5.74, 6) is -2.38. The molecule has 2 saturated heterocycles. The largest absolute Gasteiger partial charge is 0.394 e. The summed E-state index contributed by atoms with van der Waals surface area (Å²) in [7, 11) is 0. The summed E-state index contributed by atoms with van der Waals surface area (Å²) in [6.45, 7) is -1.90. The molecule has 0 saturated carbocycles. The van der Waals surface area contributed by atoms with Crippen LogP contribution >= 0.6 is 0 Å². The summed E-state index contributed by atoms with van der Waals surface area (Å²) < 4.78 is 15.0. The lowest BCUT2D eigenvalue weighted by Gasteiger charge is -2.44. The minimum Gasteiger partial charge on any atom is -0.394 e. The lowest BCUT2D eigenvalue weighted by molar-refractivity contribution is -0.364. The van der Waals surface area contributed by atoms with Gasteiger partial charge < -0.3 is 55.1 Å². The molecule has 0 aromatic carbocycles. The fourth-order valence-electron chi connectivity index (χ4n) is 2.42. The van der Waals surface area contributed by atoms with E-state index < -0.39 is 74.6 Å². The molecule has 2 rings (SSSR count). The van der Waals surface area contributed by atoms with E-state index in [0.717, 1.165) is 0 Å². The summed E-state index contributed by atoms with van der Waals surface area (Å²) in [6.07, 6.45) is -12.6. The molecule has 0 bridgehead atoms. The number of aliphatic hydroxyl groups excluding tert-OH is 7. The smallest absolute Gasteiger partial charge is 0.219 e. The van der Waals surface area contributed by atoms with Crippen molar-refractivity contribution in [3.05, 3.63) is 0 Å². The Labute approximate surface area is 130 Å². The van der Waals surface area contributed by atoms with Crippen molar-refractivity contribution in [3.63, 3.8) is 0 Å². The number of ether oxygens (including phenoxy) is 3. The minimum atomic E-state index is -2.38. The van der Waals surface area contributed by atoms with Crippen LogP contribution in [-0.2, 0) is 14.2 Å². The molecule has 2 heterocycles. The Balaban J connectivity index is 1.99. The fourth-order valence-corrected chi connectivity index (χ4v) is 2.42. The highest BCUT2D eigenvalue weighted by molar-refractivity contribution is 4.93. The summed E-state index contributed by atoms with van der Waals surface area (Å²) in [4.78, 5) is 0. The highest BCUT2D eigenvalue weighted by Gasteiger charge is 2.50. The third-order valence-electron chi connectivity index (χ3n) is 3.99. The maximum absolute atomic E-state index is 10.1. The van der Waals surface area contributed by atoms with Crippen molar-refractivity contribution < 1.29 is 55.1 Å². The first-order chi connectivity index (χ1) is 10.7. The van der Waals surface area contributed by atoms with E-state index in [2.05, 4.69) is 0 Å². The van der Waals surface area contributed by atoms with E-state index in [9.17, 15) is 35.7 Å². The molecule has 9 atom stereocenters. The van der Waals surface area contributed by atoms with Crippen LogP contribution in [0.15, 0.2) is 0 Å². The lowest BCUT2D eigenvalue weighted by atomic mass is 9.97. The van der Waals surface area contributed by atoms with Gasteiger partial charge in [-0.15, -0.1) is 0 Å². The number of aliphatic hydroxyl groups is 8. The zero-order valence-electron chi connectivity index (χ0n) is 12.0. The van der Waals surface area contributed by atoms with Gasteiger partial charge in [0, 0.05) is 0 Å². The Morgan fingerprint density at radius 2 is 1.61 bits per heavy atom. The SMILES string of the molecule is OC[C@H]1O[C@H](OC[C@@]2(O)OC[C@@H](O)[C@H](O)[C@@H]2O)[C@H](O)[C@@H](O)[C@@H]1O. The molecular formula is C12H22O11. The maximum atomic E-state index is 10.1. The van der Waals surface area contributed by atoms with Crippen LogP contribution in [0, 0.1) is 0 Å². The van der Waals surface area contributed by atoms with Crippen molar-refractivity contribution in [3.8, 4) is 0 Å². The second-order valence-corrected chi connectivity index (χ2v) is 5.67. The van der Waals surface area contributed by atoms with Crippen LogP contribution in [0.1, 0.15) is 0 Å². The first kappa shape index (κ1) is 18.9. The molecule has 8 N–H and O–H groups in total.